The molecule has 0 nitrogen and oxygen atoms in total. The molecule has 0 amide bonds. The lowest BCUT2D eigenvalue weighted by molar-refractivity contribution is 0.507. The fourth-order valence-corrected chi connectivity index (χ4v) is 5.82. The smallest absolute Gasteiger partial charge is 0.0209 e. The molecule has 102 valence electrons. The van der Waals surface area contributed by atoms with E-state index in [1.807, 2.05) is 0 Å². The summed E-state index contributed by atoms with van der Waals surface area (Å²) in [5.41, 5.74) is 1.11. The third-order valence-electron chi connectivity index (χ3n) is 4.40. The molecule has 0 aliphatic heterocycles. The van der Waals surface area contributed by atoms with Gasteiger partial charge in [-0.1, -0.05) is 71.6 Å². The number of rotatable bonds is 3. The first-order valence-electron chi connectivity index (χ1n) is 8.12. The maximum absolute atomic E-state index is 2.42. The van der Waals surface area contributed by atoms with E-state index in [1.165, 1.54) is 70.1 Å². The van der Waals surface area contributed by atoms with Crippen LogP contribution in [-0.4, -0.2) is 18.0 Å². The zero-order chi connectivity index (χ0) is 12.3. The molecule has 0 radical (unpaired) electrons. The van der Waals surface area contributed by atoms with Gasteiger partial charge in [-0.2, -0.15) is 0 Å². The van der Waals surface area contributed by atoms with Crippen molar-refractivity contribution in [1.29, 1.82) is 0 Å². The molecule has 0 heterocycles. The summed E-state index contributed by atoms with van der Waals surface area (Å²) in [6, 6.07) is 0. The van der Waals surface area contributed by atoms with Crippen LogP contribution in [0.15, 0.2) is 0 Å². The maximum atomic E-state index is 2.42. The van der Waals surface area contributed by atoms with Gasteiger partial charge in [-0.05, 0) is 30.8 Å². The molecule has 0 atom stereocenters. The van der Waals surface area contributed by atoms with Crippen LogP contribution in [0.2, 0.25) is 0 Å². The summed E-state index contributed by atoms with van der Waals surface area (Å²) in [4.78, 5) is 0. The summed E-state index contributed by atoms with van der Waals surface area (Å²) in [5, 5.41) is 0. The van der Waals surface area contributed by atoms with Crippen molar-refractivity contribution in [3.8, 4) is 0 Å². The van der Waals surface area contributed by atoms with Crippen LogP contribution in [0.3, 0.4) is 0 Å². The van der Waals surface area contributed by atoms with E-state index in [-0.39, 0.29) is 0 Å². The van der Waals surface area contributed by atoms with E-state index in [0.717, 1.165) is 5.66 Å². The van der Waals surface area contributed by atoms with Gasteiger partial charge in [0, 0.05) is 0 Å². The van der Waals surface area contributed by atoms with Crippen LogP contribution in [0.1, 0.15) is 84.5 Å². The van der Waals surface area contributed by atoms with Crippen LogP contribution in [0.4, 0.5) is 0 Å². The van der Waals surface area contributed by atoms with E-state index >= 15 is 0 Å². The van der Waals surface area contributed by atoms with Crippen molar-refractivity contribution in [3.05, 3.63) is 0 Å². The van der Waals surface area contributed by atoms with E-state index < -0.39 is 0 Å². The number of hydrogen-bond acceptors (Lipinski definition) is 0. The molecule has 1 rings (SSSR count). The zero-order valence-corrected chi connectivity index (χ0v) is 13.1. The predicted octanol–water partition coefficient (Wildman–Crippen LogP) is 6.18. The monoisotopic (exact) mass is 256 g/mol. The highest BCUT2D eigenvalue weighted by Gasteiger charge is 2.17. The second-order valence-corrected chi connectivity index (χ2v) is 8.81. The normalized spacial score (nSPS) is 22.1. The van der Waals surface area contributed by atoms with Crippen molar-refractivity contribution in [2.45, 2.75) is 90.1 Å². The van der Waals surface area contributed by atoms with Gasteiger partial charge in [0.1, 0.15) is 0 Å². The predicted molar refractivity (Wildman–Crippen MR) is 82.6 cm³/mol. The molecule has 1 heteroatoms. The van der Waals surface area contributed by atoms with Crippen molar-refractivity contribution in [3.63, 3.8) is 0 Å². The summed E-state index contributed by atoms with van der Waals surface area (Å²) in [5.74, 6) is 0. The Balaban J connectivity index is 2.36. The molecule has 0 unspecified atom stereocenters. The second-order valence-electron chi connectivity index (χ2n) is 5.63. The Morgan fingerprint density at radius 3 is 1.35 bits per heavy atom. The minimum absolute atomic E-state index is 0.361. The Labute approximate surface area is 111 Å². The van der Waals surface area contributed by atoms with Gasteiger partial charge in [-0.25, -0.2) is 0 Å². The van der Waals surface area contributed by atoms with E-state index in [2.05, 4.69) is 13.8 Å². The summed E-state index contributed by atoms with van der Waals surface area (Å²) in [7, 11) is 0.361. The quantitative estimate of drug-likeness (QED) is 0.529. The lowest BCUT2D eigenvalue weighted by atomic mass is 10.0. The fraction of sp³-hybridized carbons (Fsp3) is 1.00. The van der Waals surface area contributed by atoms with Crippen molar-refractivity contribution in [1.82, 2.24) is 0 Å². The van der Waals surface area contributed by atoms with Gasteiger partial charge < -0.3 is 0 Å². The molecule has 1 aliphatic rings. The minimum atomic E-state index is 0.361. The van der Waals surface area contributed by atoms with Crippen LogP contribution in [-0.2, 0) is 0 Å². The lowest BCUT2D eigenvalue weighted by Crippen LogP contribution is -2.09. The van der Waals surface area contributed by atoms with E-state index in [9.17, 15) is 0 Å². The van der Waals surface area contributed by atoms with E-state index in [0.29, 0.717) is 7.92 Å². The van der Waals surface area contributed by atoms with Gasteiger partial charge in [-0.15, -0.1) is 7.92 Å². The molecule has 0 spiro atoms. The fourth-order valence-electron chi connectivity index (χ4n) is 3.25. The third-order valence-corrected chi connectivity index (χ3v) is 7.58. The maximum Gasteiger partial charge on any atom is -0.0209 e. The SMILES string of the molecule is CCP(CC)C1CCCCCCCCCCC1. The molecule has 0 bridgehead atoms. The van der Waals surface area contributed by atoms with Crippen LogP contribution < -0.4 is 0 Å². The molecule has 1 aliphatic carbocycles. The first-order chi connectivity index (χ1) is 8.38. The average Bonchev–Trinajstić information content (AvgIpc) is 2.33. The van der Waals surface area contributed by atoms with Gasteiger partial charge in [-0.3, -0.25) is 0 Å². The van der Waals surface area contributed by atoms with E-state index in [4.69, 9.17) is 0 Å². The van der Waals surface area contributed by atoms with Crippen molar-refractivity contribution in [2.24, 2.45) is 0 Å². The summed E-state index contributed by atoms with van der Waals surface area (Å²) < 4.78 is 0. The molecular weight excluding hydrogens is 223 g/mol. The Hall–Kier alpha value is 0.430. The first kappa shape index (κ1) is 15.5. The topological polar surface area (TPSA) is 0 Å². The molecule has 0 aromatic heterocycles. The Bertz CT molecular complexity index is 151. The van der Waals surface area contributed by atoms with Crippen molar-refractivity contribution >= 4 is 7.92 Å². The first-order valence-corrected chi connectivity index (χ1v) is 9.90. The molecule has 17 heavy (non-hydrogen) atoms. The Kier molecular flexibility index (Phi) is 9.44. The number of hydrogen-bond donors (Lipinski definition) is 0. The van der Waals surface area contributed by atoms with Crippen LogP contribution in [0.25, 0.3) is 0 Å². The zero-order valence-electron chi connectivity index (χ0n) is 12.2. The molecule has 1 saturated carbocycles. The highest BCUT2D eigenvalue weighted by molar-refractivity contribution is 7.58. The Morgan fingerprint density at radius 1 is 0.647 bits per heavy atom. The summed E-state index contributed by atoms with van der Waals surface area (Å²) in [6.45, 7) is 4.84. The van der Waals surface area contributed by atoms with Crippen molar-refractivity contribution < 1.29 is 0 Å². The molecular formula is C16H33P. The molecule has 0 saturated heterocycles. The third kappa shape index (κ3) is 6.80. The van der Waals surface area contributed by atoms with Crippen LogP contribution >= 0.6 is 7.92 Å². The lowest BCUT2D eigenvalue weighted by Gasteiger charge is -2.26. The van der Waals surface area contributed by atoms with Gasteiger partial charge in [0.05, 0.1) is 0 Å². The molecule has 0 aromatic rings. The van der Waals surface area contributed by atoms with E-state index in [1.54, 1.807) is 12.8 Å². The minimum Gasteiger partial charge on any atom is -0.104 e. The summed E-state index contributed by atoms with van der Waals surface area (Å²) >= 11 is 0. The largest absolute Gasteiger partial charge is 0.104 e. The molecule has 0 aromatic carbocycles. The standard InChI is InChI=1S/C16H33P/c1-3-17(4-2)16-14-12-10-8-6-5-7-9-11-13-15-16/h16H,3-15H2,1-2H3. The van der Waals surface area contributed by atoms with Crippen LogP contribution in [0.5, 0.6) is 0 Å². The van der Waals surface area contributed by atoms with Crippen molar-refractivity contribution in [2.75, 3.05) is 12.3 Å². The van der Waals surface area contributed by atoms with Gasteiger partial charge >= 0.3 is 0 Å². The van der Waals surface area contributed by atoms with Gasteiger partial charge in [0.15, 0.2) is 0 Å². The average molecular weight is 256 g/mol. The van der Waals surface area contributed by atoms with Gasteiger partial charge in [0.2, 0.25) is 0 Å². The highest BCUT2D eigenvalue weighted by Crippen LogP contribution is 2.45. The highest BCUT2D eigenvalue weighted by atomic mass is 31.1. The molecule has 1 fully saturated rings. The van der Waals surface area contributed by atoms with Crippen LogP contribution in [0, 0.1) is 0 Å². The second kappa shape index (κ2) is 10.4. The van der Waals surface area contributed by atoms with Gasteiger partial charge in [0.25, 0.3) is 0 Å². The molecule has 0 N–H and O–H groups in total. The summed E-state index contributed by atoms with van der Waals surface area (Å²) in [6.07, 6.45) is 19.6. The Morgan fingerprint density at radius 2 is 1.00 bits per heavy atom.